The number of hydrogen-bond donors (Lipinski definition) is 1. The first-order chi connectivity index (χ1) is 11.8. The molecule has 4 heterocycles. The fraction of sp³-hybridized carbons (Fsp3) is 0.368. The molecule has 1 N–H and O–H groups in total. The van der Waals surface area contributed by atoms with Gasteiger partial charge in [0, 0.05) is 31.0 Å². The number of aromatic amines is 1. The molecule has 0 aliphatic carbocycles. The number of aryl methyl sites for hydroxylation is 1. The molecule has 0 unspecified atom stereocenters. The molecule has 2 aromatic heterocycles. The molecule has 1 saturated heterocycles. The summed E-state index contributed by atoms with van der Waals surface area (Å²) in [6.45, 7) is 5.18. The molecule has 2 aliphatic heterocycles. The Bertz CT molecular complexity index is 907. The highest BCUT2D eigenvalue weighted by atomic mass is 15.3. The Labute approximate surface area is 141 Å². The maximum atomic E-state index is 5.00. The van der Waals surface area contributed by atoms with E-state index in [0.29, 0.717) is 0 Å². The molecule has 5 rings (SSSR count). The summed E-state index contributed by atoms with van der Waals surface area (Å²) in [5, 5.41) is 1.12. The van der Waals surface area contributed by atoms with Crippen molar-refractivity contribution in [1.82, 2.24) is 15.0 Å². The van der Waals surface area contributed by atoms with Crippen molar-refractivity contribution in [1.29, 1.82) is 0 Å². The van der Waals surface area contributed by atoms with Gasteiger partial charge in [-0.1, -0.05) is 18.2 Å². The van der Waals surface area contributed by atoms with Crippen LogP contribution in [0.15, 0.2) is 30.3 Å². The molecule has 5 heteroatoms. The summed E-state index contributed by atoms with van der Waals surface area (Å²) in [6.07, 6.45) is 3.53. The smallest absolute Gasteiger partial charge is 0.229 e. The molecule has 0 radical (unpaired) electrons. The molecular weight excluding hydrogens is 298 g/mol. The number of nitrogens with one attached hydrogen (secondary N) is 1. The molecule has 0 atom stereocenters. The van der Waals surface area contributed by atoms with Crippen LogP contribution in [0, 0.1) is 6.92 Å². The van der Waals surface area contributed by atoms with Gasteiger partial charge in [0.25, 0.3) is 0 Å². The molecule has 2 aliphatic rings. The van der Waals surface area contributed by atoms with Gasteiger partial charge in [-0.2, -0.15) is 9.97 Å². The van der Waals surface area contributed by atoms with Crippen LogP contribution in [0.1, 0.15) is 24.1 Å². The third-order valence-electron chi connectivity index (χ3n) is 5.12. The monoisotopic (exact) mass is 319 g/mol. The summed E-state index contributed by atoms with van der Waals surface area (Å²) in [5.41, 5.74) is 4.76. The third-order valence-corrected chi connectivity index (χ3v) is 5.12. The zero-order valence-corrected chi connectivity index (χ0v) is 13.9. The van der Waals surface area contributed by atoms with Crippen molar-refractivity contribution in [3.8, 4) is 0 Å². The molecule has 5 nitrogen and oxygen atoms in total. The lowest BCUT2D eigenvalue weighted by Crippen LogP contribution is -2.23. The molecule has 1 aromatic carbocycles. The minimum atomic E-state index is 0.862. The average Bonchev–Trinajstić information content (AvgIpc) is 3.32. The van der Waals surface area contributed by atoms with E-state index in [1.165, 1.54) is 24.1 Å². The first-order valence-corrected chi connectivity index (χ1v) is 8.77. The van der Waals surface area contributed by atoms with Crippen molar-refractivity contribution in [3.05, 3.63) is 41.6 Å². The number of aromatic nitrogens is 3. The van der Waals surface area contributed by atoms with Gasteiger partial charge in [0.15, 0.2) is 0 Å². The van der Waals surface area contributed by atoms with Gasteiger partial charge in [-0.05, 0) is 43.9 Å². The molecule has 122 valence electrons. The fourth-order valence-electron chi connectivity index (χ4n) is 3.94. The Kier molecular flexibility index (Phi) is 3.01. The third kappa shape index (κ3) is 2.08. The van der Waals surface area contributed by atoms with Crippen LogP contribution in [0.25, 0.3) is 11.0 Å². The number of anilines is 3. The van der Waals surface area contributed by atoms with Gasteiger partial charge in [0.2, 0.25) is 5.95 Å². The van der Waals surface area contributed by atoms with Crippen LogP contribution in [0.4, 0.5) is 17.5 Å². The number of para-hydroxylation sites is 1. The molecule has 1 fully saturated rings. The normalized spacial score (nSPS) is 17.0. The predicted molar refractivity (Wildman–Crippen MR) is 97.2 cm³/mol. The lowest BCUT2D eigenvalue weighted by atomic mass is 10.2. The van der Waals surface area contributed by atoms with Gasteiger partial charge in [0.1, 0.15) is 11.5 Å². The molecule has 0 saturated carbocycles. The van der Waals surface area contributed by atoms with E-state index in [-0.39, 0.29) is 0 Å². The molecule has 0 amide bonds. The minimum absolute atomic E-state index is 0.862. The summed E-state index contributed by atoms with van der Waals surface area (Å²) >= 11 is 0. The standard InChI is InChI=1S/C19H21N5/c1-13-12-15-17(20-13)21-19(23-9-4-5-10-23)22-18(15)24-11-8-14-6-2-3-7-16(14)24/h2-3,6-7,12H,4-5,8-11H2,1H3,(H,20,21,22). The lowest BCUT2D eigenvalue weighted by molar-refractivity contribution is 0.893. The largest absolute Gasteiger partial charge is 0.343 e. The summed E-state index contributed by atoms with van der Waals surface area (Å²) < 4.78 is 0. The minimum Gasteiger partial charge on any atom is -0.343 e. The Hall–Kier alpha value is -2.56. The van der Waals surface area contributed by atoms with Crippen LogP contribution < -0.4 is 9.80 Å². The second-order valence-corrected chi connectivity index (χ2v) is 6.79. The highest BCUT2D eigenvalue weighted by Gasteiger charge is 2.25. The first kappa shape index (κ1) is 13.8. The van der Waals surface area contributed by atoms with Gasteiger partial charge in [0.05, 0.1) is 5.39 Å². The maximum Gasteiger partial charge on any atom is 0.229 e. The van der Waals surface area contributed by atoms with Crippen molar-refractivity contribution in [2.45, 2.75) is 26.2 Å². The zero-order valence-electron chi connectivity index (χ0n) is 13.9. The lowest BCUT2D eigenvalue weighted by Gasteiger charge is -2.22. The number of nitrogens with zero attached hydrogens (tertiary/aromatic N) is 4. The Morgan fingerprint density at radius 2 is 1.88 bits per heavy atom. The topological polar surface area (TPSA) is 48.1 Å². The van der Waals surface area contributed by atoms with Crippen LogP contribution in [0.3, 0.4) is 0 Å². The molecule has 3 aromatic rings. The molecule has 0 spiro atoms. The second-order valence-electron chi connectivity index (χ2n) is 6.79. The van der Waals surface area contributed by atoms with Gasteiger partial charge in [-0.3, -0.25) is 0 Å². The molecule has 24 heavy (non-hydrogen) atoms. The fourth-order valence-corrected chi connectivity index (χ4v) is 3.94. The number of H-pyrrole nitrogens is 1. The maximum absolute atomic E-state index is 5.00. The second kappa shape index (κ2) is 5.23. The van der Waals surface area contributed by atoms with Gasteiger partial charge in [-0.15, -0.1) is 0 Å². The van der Waals surface area contributed by atoms with Gasteiger partial charge < -0.3 is 14.8 Å². The van der Waals surface area contributed by atoms with Crippen molar-refractivity contribution >= 4 is 28.5 Å². The number of rotatable bonds is 2. The number of benzene rings is 1. The van der Waals surface area contributed by atoms with Crippen molar-refractivity contribution in [2.24, 2.45) is 0 Å². The van der Waals surface area contributed by atoms with Crippen LogP contribution in [0.5, 0.6) is 0 Å². The van der Waals surface area contributed by atoms with E-state index in [0.717, 1.165) is 54.5 Å². The molecule has 0 bridgehead atoms. The zero-order chi connectivity index (χ0) is 16.1. The first-order valence-electron chi connectivity index (χ1n) is 8.77. The quantitative estimate of drug-likeness (QED) is 0.784. The predicted octanol–water partition coefficient (Wildman–Crippen LogP) is 3.56. The molecular formula is C19H21N5. The number of hydrogen-bond acceptors (Lipinski definition) is 4. The van der Waals surface area contributed by atoms with Gasteiger partial charge in [-0.25, -0.2) is 0 Å². The highest BCUT2D eigenvalue weighted by Crippen LogP contribution is 2.37. The van der Waals surface area contributed by atoms with E-state index >= 15 is 0 Å². The summed E-state index contributed by atoms with van der Waals surface area (Å²) in [5.74, 6) is 1.90. The highest BCUT2D eigenvalue weighted by molar-refractivity contribution is 5.92. The summed E-state index contributed by atoms with van der Waals surface area (Å²) in [6, 6.07) is 10.8. The van der Waals surface area contributed by atoms with E-state index < -0.39 is 0 Å². The Morgan fingerprint density at radius 3 is 2.75 bits per heavy atom. The van der Waals surface area contributed by atoms with E-state index in [9.17, 15) is 0 Å². The van der Waals surface area contributed by atoms with E-state index in [1.54, 1.807) is 0 Å². The summed E-state index contributed by atoms with van der Waals surface area (Å²) in [7, 11) is 0. The van der Waals surface area contributed by atoms with Crippen molar-refractivity contribution < 1.29 is 0 Å². The van der Waals surface area contributed by atoms with E-state index in [4.69, 9.17) is 9.97 Å². The van der Waals surface area contributed by atoms with Crippen LogP contribution in [-0.4, -0.2) is 34.6 Å². The summed E-state index contributed by atoms with van der Waals surface area (Å²) in [4.78, 5) is 17.9. The van der Waals surface area contributed by atoms with Crippen LogP contribution in [0.2, 0.25) is 0 Å². The van der Waals surface area contributed by atoms with Crippen LogP contribution >= 0.6 is 0 Å². The van der Waals surface area contributed by atoms with E-state index in [1.807, 2.05) is 0 Å². The van der Waals surface area contributed by atoms with Crippen molar-refractivity contribution in [2.75, 3.05) is 29.4 Å². The Morgan fingerprint density at radius 1 is 1.04 bits per heavy atom. The van der Waals surface area contributed by atoms with E-state index in [2.05, 4.69) is 52.0 Å². The average molecular weight is 319 g/mol. The van der Waals surface area contributed by atoms with Crippen molar-refractivity contribution in [3.63, 3.8) is 0 Å². The van der Waals surface area contributed by atoms with Gasteiger partial charge >= 0.3 is 0 Å². The Balaban J connectivity index is 1.69. The number of fused-ring (bicyclic) bond motifs is 2. The SMILES string of the molecule is Cc1cc2c(N3CCc4ccccc43)nc(N3CCCC3)nc2[nH]1. The van der Waals surface area contributed by atoms with Crippen LogP contribution in [-0.2, 0) is 6.42 Å².